The minimum absolute atomic E-state index is 0.0964. The molecule has 10 heteroatoms. The lowest BCUT2D eigenvalue weighted by atomic mass is 10.0. The normalized spacial score (nSPS) is 22.2. The average molecular weight is 466 g/mol. The molecule has 2 aliphatic rings. The van der Waals surface area contributed by atoms with Gasteiger partial charge in [0.05, 0.1) is 17.6 Å². The molecule has 1 amide bonds. The van der Waals surface area contributed by atoms with E-state index in [1.165, 1.54) is 12.8 Å². The summed E-state index contributed by atoms with van der Waals surface area (Å²) in [5.74, 6) is 1.93. The molecule has 2 atom stereocenters. The van der Waals surface area contributed by atoms with E-state index in [1.807, 2.05) is 27.9 Å². The van der Waals surface area contributed by atoms with Gasteiger partial charge in [-0.3, -0.25) is 9.48 Å². The van der Waals surface area contributed by atoms with Crippen LogP contribution in [0.15, 0.2) is 30.7 Å². The second-order valence-electron chi connectivity index (χ2n) is 10.0. The molecular formula is C24H35N9O. The molecule has 0 aliphatic carbocycles. The fraction of sp³-hybridized carbons (Fsp3) is 0.583. The molecule has 5 heterocycles. The molecule has 0 bridgehead atoms. The Labute approximate surface area is 200 Å². The molecule has 2 aliphatic heterocycles. The summed E-state index contributed by atoms with van der Waals surface area (Å²) in [5.41, 5.74) is 2.74. The molecule has 1 N–H and O–H groups in total. The summed E-state index contributed by atoms with van der Waals surface area (Å²) >= 11 is 0. The molecule has 0 aromatic carbocycles. The van der Waals surface area contributed by atoms with Gasteiger partial charge in [-0.05, 0) is 43.9 Å². The standard InChI is InChI=1S/C24H35N9O/c1-18-6-7-19(2)15-31(14-18)21-5-4-8-33-23(21)27-24(28-33)26-20-13-25-32(16-20)17-22(34)30-11-9-29(3)10-12-30/h4-5,8,13,16,18-19H,6-7,9-12,14-15,17H2,1-3H3,(H,26,28). The third-order valence-electron chi connectivity index (χ3n) is 6.94. The average Bonchev–Trinajstić information content (AvgIpc) is 3.39. The lowest BCUT2D eigenvalue weighted by Gasteiger charge is -2.32. The Morgan fingerprint density at radius 3 is 2.59 bits per heavy atom. The van der Waals surface area contributed by atoms with Gasteiger partial charge in [0.25, 0.3) is 0 Å². The highest BCUT2D eigenvalue weighted by molar-refractivity contribution is 5.76. The first-order chi connectivity index (χ1) is 16.4. The molecule has 0 spiro atoms. The first-order valence-electron chi connectivity index (χ1n) is 12.3. The minimum atomic E-state index is 0.0964. The van der Waals surface area contributed by atoms with Crippen LogP contribution in [-0.4, -0.2) is 86.4 Å². The molecule has 2 fully saturated rings. The zero-order chi connectivity index (χ0) is 23.7. The fourth-order valence-corrected chi connectivity index (χ4v) is 4.91. The van der Waals surface area contributed by atoms with Crippen molar-refractivity contribution in [2.24, 2.45) is 11.8 Å². The van der Waals surface area contributed by atoms with Crippen LogP contribution < -0.4 is 10.2 Å². The van der Waals surface area contributed by atoms with E-state index in [2.05, 4.69) is 52.3 Å². The highest BCUT2D eigenvalue weighted by atomic mass is 16.2. The Bertz CT molecular complexity index is 1120. The molecule has 0 radical (unpaired) electrons. The molecule has 182 valence electrons. The second-order valence-corrected chi connectivity index (χ2v) is 10.0. The number of nitrogens with one attached hydrogen (secondary N) is 1. The number of rotatable bonds is 5. The van der Waals surface area contributed by atoms with Crippen molar-refractivity contribution in [3.05, 3.63) is 30.7 Å². The monoisotopic (exact) mass is 465 g/mol. The van der Waals surface area contributed by atoms with E-state index in [9.17, 15) is 4.79 Å². The Balaban J connectivity index is 1.28. The van der Waals surface area contributed by atoms with Crippen molar-refractivity contribution in [3.8, 4) is 0 Å². The van der Waals surface area contributed by atoms with E-state index in [4.69, 9.17) is 4.98 Å². The van der Waals surface area contributed by atoms with Crippen molar-refractivity contribution >= 4 is 28.9 Å². The number of nitrogens with zero attached hydrogens (tertiary/aromatic N) is 8. The van der Waals surface area contributed by atoms with Gasteiger partial charge >= 0.3 is 0 Å². The van der Waals surface area contributed by atoms with E-state index in [0.717, 1.165) is 56.3 Å². The van der Waals surface area contributed by atoms with E-state index in [1.54, 1.807) is 10.9 Å². The van der Waals surface area contributed by atoms with E-state index >= 15 is 0 Å². The van der Waals surface area contributed by atoms with Crippen LogP contribution in [0.1, 0.15) is 26.7 Å². The number of hydrogen-bond donors (Lipinski definition) is 1. The third kappa shape index (κ3) is 5.01. The molecule has 10 nitrogen and oxygen atoms in total. The summed E-state index contributed by atoms with van der Waals surface area (Å²) < 4.78 is 3.50. The minimum Gasteiger partial charge on any atom is -0.368 e. The number of carbonyl (C=O) groups is 1. The fourth-order valence-electron chi connectivity index (χ4n) is 4.91. The van der Waals surface area contributed by atoms with Crippen LogP contribution in [0.25, 0.3) is 5.65 Å². The molecule has 5 rings (SSSR count). The lowest BCUT2D eigenvalue weighted by Crippen LogP contribution is -2.48. The maximum Gasteiger partial charge on any atom is 0.247 e. The van der Waals surface area contributed by atoms with Gasteiger partial charge in [-0.2, -0.15) is 10.1 Å². The molecule has 34 heavy (non-hydrogen) atoms. The number of hydrogen-bond acceptors (Lipinski definition) is 7. The number of likely N-dealkylation sites (N-methyl/N-ethyl adjacent to an activating group) is 1. The largest absolute Gasteiger partial charge is 0.368 e. The van der Waals surface area contributed by atoms with Gasteiger partial charge < -0.3 is 20.0 Å². The van der Waals surface area contributed by atoms with Gasteiger partial charge in [0.15, 0.2) is 5.65 Å². The highest BCUT2D eigenvalue weighted by Crippen LogP contribution is 2.28. The number of anilines is 3. The summed E-state index contributed by atoms with van der Waals surface area (Å²) in [6, 6.07) is 4.17. The van der Waals surface area contributed by atoms with Crippen molar-refractivity contribution < 1.29 is 4.79 Å². The van der Waals surface area contributed by atoms with Gasteiger partial charge in [0.1, 0.15) is 6.54 Å². The van der Waals surface area contributed by atoms with Gasteiger partial charge in [-0.25, -0.2) is 4.52 Å². The topological polar surface area (TPSA) is 86.8 Å². The molecule has 3 aromatic heterocycles. The van der Waals surface area contributed by atoms with Crippen molar-refractivity contribution in [1.82, 2.24) is 34.2 Å². The first-order valence-corrected chi connectivity index (χ1v) is 12.3. The summed E-state index contributed by atoms with van der Waals surface area (Å²) in [4.78, 5) is 24.0. The second kappa shape index (κ2) is 9.61. The van der Waals surface area contributed by atoms with Crippen LogP contribution in [0, 0.1) is 11.8 Å². The highest BCUT2D eigenvalue weighted by Gasteiger charge is 2.23. The van der Waals surface area contributed by atoms with Crippen LogP contribution in [-0.2, 0) is 11.3 Å². The maximum absolute atomic E-state index is 12.6. The van der Waals surface area contributed by atoms with Crippen molar-refractivity contribution in [2.45, 2.75) is 33.2 Å². The Hall–Kier alpha value is -3.14. The number of fused-ring (bicyclic) bond motifs is 1. The van der Waals surface area contributed by atoms with Gasteiger partial charge in [-0.1, -0.05) is 13.8 Å². The predicted molar refractivity (Wildman–Crippen MR) is 132 cm³/mol. The van der Waals surface area contributed by atoms with E-state index < -0.39 is 0 Å². The molecular weight excluding hydrogens is 430 g/mol. The lowest BCUT2D eigenvalue weighted by molar-refractivity contribution is -0.133. The van der Waals surface area contributed by atoms with Crippen LogP contribution >= 0.6 is 0 Å². The van der Waals surface area contributed by atoms with Gasteiger partial charge in [-0.15, -0.1) is 5.10 Å². The maximum atomic E-state index is 12.6. The summed E-state index contributed by atoms with van der Waals surface area (Å²) in [6.45, 7) is 10.3. The molecule has 2 unspecified atom stereocenters. The predicted octanol–water partition coefficient (Wildman–Crippen LogP) is 2.32. The van der Waals surface area contributed by atoms with Crippen LogP contribution in [0.3, 0.4) is 0 Å². The quantitative estimate of drug-likeness (QED) is 0.619. The first kappa shape index (κ1) is 22.6. The Morgan fingerprint density at radius 2 is 1.85 bits per heavy atom. The number of amides is 1. The molecule has 0 saturated carbocycles. The number of piperazine rings is 1. The van der Waals surface area contributed by atoms with Crippen LogP contribution in [0.5, 0.6) is 0 Å². The van der Waals surface area contributed by atoms with E-state index in [0.29, 0.717) is 17.8 Å². The van der Waals surface area contributed by atoms with Crippen LogP contribution in [0.2, 0.25) is 0 Å². The smallest absolute Gasteiger partial charge is 0.247 e. The Morgan fingerprint density at radius 1 is 1.12 bits per heavy atom. The SMILES string of the molecule is CC1CCC(C)CN(c2cccn3nc(Nc4cnn(CC(=O)N5CCN(C)CC5)c4)nc23)C1. The summed E-state index contributed by atoms with van der Waals surface area (Å²) in [5, 5.41) is 12.2. The van der Waals surface area contributed by atoms with E-state index in [-0.39, 0.29) is 12.5 Å². The summed E-state index contributed by atoms with van der Waals surface area (Å²) in [7, 11) is 2.08. The van der Waals surface area contributed by atoms with Crippen molar-refractivity contribution in [2.75, 3.05) is 56.5 Å². The third-order valence-corrected chi connectivity index (χ3v) is 6.94. The van der Waals surface area contributed by atoms with Crippen molar-refractivity contribution in [3.63, 3.8) is 0 Å². The Kier molecular flexibility index (Phi) is 6.40. The zero-order valence-electron chi connectivity index (χ0n) is 20.4. The number of pyridine rings is 1. The van der Waals surface area contributed by atoms with Gasteiger partial charge in [0, 0.05) is 51.7 Å². The summed E-state index contributed by atoms with van der Waals surface area (Å²) in [6.07, 6.45) is 8.00. The number of carbonyl (C=O) groups excluding carboxylic acids is 1. The van der Waals surface area contributed by atoms with Crippen LogP contribution in [0.4, 0.5) is 17.3 Å². The zero-order valence-corrected chi connectivity index (χ0v) is 20.4. The van der Waals surface area contributed by atoms with Crippen molar-refractivity contribution in [1.29, 1.82) is 0 Å². The van der Waals surface area contributed by atoms with Gasteiger partial charge in [0.2, 0.25) is 11.9 Å². The molecule has 3 aromatic rings. The molecule has 2 saturated heterocycles. The number of aromatic nitrogens is 5.